The fraction of sp³-hybridized carbons (Fsp3) is 0.125. The van der Waals surface area contributed by atoms with Gasteiger partial charge in [-0.25, -0.2) is 4.79 Å². The fourth-order valence-corrected chi connectivity index (χ4v) is 2.42. The Morgan fingerprint density at radius 1 is 1.38 bits per heavy atom. The normalized spacial score (nSPS) is 9.88. The molecule has 0 unspecified atom stereocenters. The molecule has 0 aromatic heterocycles. The molecule has 0 bridgehead atoms. The van der Waals surface area contributed by atoms with Gasteiger partial charge < -0.3 is 9.47 Å². The third-order valence-electron chi connectivity index (χ3n) is 2.93. The first-order valence-corrected chi connectivity index (χ1v) is 7.58. The van der Waals surface area contributed by atoms with Gasteiger partial charge in [0.1, 0.15) is 0 Å². The van der Waals surface area contributed by atoms with Gasteiger partial charge in [0.15, 0.2) is 11.5 Å². The number of halogens is 1. The predicted molar refractivity (Wildman–Crippen MR) is 88.1 cm³/mol. The number of carbonyl (C=O) groups is 1. The van der Waals surface area contributed by atoms with Crippen molar-refractivity contribution in [1.82, 2.24) is 0 Å². The largest absolute Gasteiger partial charge is 0.490 e. The summed E-state index contributed by atoms with van der Waals surface area (Å²) in [4.78, 5) is 22.5. The molecular weight excluding hydrogens is 380 g/mol. The van der Waals surface area contributed by atoms with Crippen LogP contribution in [-0.2, 0) is 0 Å². The number of esters is 1. The van der Waals surface area contributed by atoms with Crippen LogP contribution in [0.5, 0.6) is 11.5 Å². The Kier molecular flexibility index (Phi) is 5.50. The molecule has 0 saturated carbocycles. The number of non-ortho nitro benzene ring substituents is 1. The highest BCUT2D eigenvalue weighted by atomic mass is 79.9. The first-order valence-electron chi connectivity index (χ1n) is 6.79. The number of ether oxygens (including phenoxy) is 2. The molecule has 8 heteroatoms. The molecule has 2 rings (SSSR count). The number of hydrogen-bond donors (Lipinski definition) is 0. The van der Waals surface area contributed by atoms with Crippen LogP contribution in [0.25, 0.3) is 0 Å². The molecule has 0 fully saturated rings. The summed E-state index contributed by atoms with van der Waals surface area (Å²) in [5, 5.41) is 19.8. The molecular formula is C16H11BrN2O5. The number of rotatable bonds is 5. The number of nitro groups is 1. The minimum absolute atomic E-state index is 0.0305. The van der Waals surface area contributed by atoms with E-state index in [4.69, 9.17) is 14.7 Å². The molecule has 0 amide bonds. The highest BCUT2D eigenvalue weighted by Crippen LogP contribution is 2.37. The number of nitro benzene ring substituents is 1. The van der Waals surface area contributed by atoms with Crippen LogP contribution in [0, 0.1) is 21.4 Å². The van der Waals surface area contributed by atoms with E-state index in [0.717, 1.165) is 6.07 Å². The van der Waals surface area contributed by atoms with Crippen molar-refractivity contribution in [2.45, 2.75) is 6.92 Å². The highest BCUT2D eigenvalue weighted by Gasteiger charge is 2.19. The van der Waals surface area contributed by atoms with Crippen molar-refractivity contribution in [1.29, 1.82) is 5.26 Å². The maximum absolute atomic E-state index is 12.3. The van der Waals surface area contributed by atoms with E-state index >= 15 is 0 Å². The lowest BCUT2D eigenvalue weighted by atomic mass is 10.2. The second kappa shape index (κ2) is 7.57. The van der Waals surface area contributed by atoms with Gasteiger partial charge in [-0.3, -0.25) is 10.1 Å². The average Bonchev–Trinajstić information content (AvgIpc) is 2.57. The van der Waals surface area contributed by atoms with Crippen molar-refractivity contribution >= 4 is 27.6 Å². The molecule has 0 atom stereocenters. The summed E-state index contributed by atoms with van der Waals surface area (Å²) in [7, 11) is 0. The van der Waals surface area contributed by atoms with Gasteiger partial charge in [-0.2, -0.15) is 5.26 Å². The molecule has 0 N–H and O–H groups in total. The van der Waals surface area contributed by atoms with E-state index in [-0.39, 0.29) is 22.7 Å². The third-order valence-corrected chi connectivity index (χ3v) is 3.51. The smallest absolute Gasteiger partial charge is 0.343 e. The third kappa shape index (κ3) is 3.88. The van der Waals surface area contributed by atoms with Crippen LogP contribution < -0.4 is 9.47 Å². The molecule has 0 heterocycles. The Morgan fingerprint density at radius 2 is 2.12 bits per heavy atom. The van der Waals surface area contributed by atoms with Crippen LogP contribution in [-0.4, -0.2) is 17.5 Å². The molecule has 2 aromatic carbocycles. The van der Waals surface area contributed by atoms with Crippen LogP contribution in [0.15, 0.2) is 40.9 Å². The van der Waals surface area contributed by atoms with E-state index in [1.165, 1.54) is 30.3 Å². The molecule has 7 nitrogen and oxygen atoms in total. The van der Waals surface area contributed by atoms with E-state index in [1.807, 2.05) is 6.07 Å². The Balaban J connectivity index is 2.37. The maximum atomic E-state index is 12.3. The van der Waals surface area contributed by atoms with Gasteiger partial charge in [-0.15, -0.1) is 0 Å². The van der Waals surface area contributed by atoms with Crippen molar-refractivity contribution in [2.75, 3.05) is 6.61 Å². The zero-order chi connectivity index (χ0) is 17.7. The molecule has 24 heavy (non-hydrogen) atoms. The molecule has 0 spiro atoms. The lowest BCUT2D eigenvalue weighted by Crippen LogP contribution is -2.10. The number of benzene rings is 2. The van der Waals surface area contributed by atoms with Crippen molar-refractivity contribution in [3.63, 3.8) is 0 Å². The summed E-state index contributed by atoms with van der Waals surface area (Å²) in [6, 6.07) is 10.1. The van der Waals surface area contributed by atoms with Gasteiger partial charge in [-0.1, -0.05) is 6.07 Å². The van der Waals surface area contributed by atoms with Crippen molar-refractivity contribution in [2.24, 2.45) is 0 Å². The van der Waals surface area contributed by atoms with Gasteiger partial charge in [-0.05, 0) is 35.0 Å². The first kappa shape index (κ1) is 17.4. The van der Waals surface area contributed by atoms with E-state index in [2.05, 4.69) is 15.9 Å². The lowest BCUT2D eigenvalue weighted by molar-refractivity contribution is -0.384. The fourth-order valence-electron chi connectivity index (χ4n) is 1.89. The molecule has 0 saturated heterocycles. The zero-order valence-corrected chi connectivity index (χ0v) is 14.1. The number of carbonyl (C=O) groups excluding carboxylic acids is 1. The second-order valence-electron chi connectivity index (χ2n) is 4.53. The summed E-state index contributed by atoms with van der Waals surface area (Å²) in [6.45, 7) is 2.06. The SMILES string of the molecule is CCOc1cc(C#N)cc(Br)c1OC(=O)c1cccc([N+](=O)[O-])c1. The van der Waals surface area contributed by atoms with E-state index < -0.39 is 10.9 Å². The van der Waals surface area contributed by atoms with Gasteiger partial charge in [0.25, 0.3) is 5.69 Å². The van der Waals surface area contributed by atoms with Crippen LogP contribution >= 0.6 is 15.9 Å². The van der Waals surface area contributed by atoms with Crippen LogP contribution in [0.4, 0.5) is 5.69 Å². The molecule has 0 radical (unpaired) electrons. The van der Waals surface area contributed by atoms with E-state index in [0.29, 0.717) is 16.6 Å². The summed E-state index contributed by atoms with van der Waals surface area (Å²) < 4.78 is 11.1. The highest BCUT2D eigenvalue weighted by molar-refractivity contribution is 9.10. The van der Waals surface area contributed by atoms with Crippen LogP contribution in [0.2, 0.25) is 0 Å². The summed E-state index contributed by atoms with van der Waals surface area (Å²) in [6.07, 6.45) is 0. The van der Waals surface area contributed by atoms with Gasteiger partial charge in [0.2, 0.25) is 0 Å². The Bertz CT molecular complexity index is 845. The molecule has 122 valence electrons. The molecule has 0 aliphatic rings. The minimum atomic E-state index is -0.773. The van der Waals surface area contributed by atoms with Crippen molar-refractivity contribution in [3.8, 4) is 17.6 Å². The van der Waals surface area contributed by atoms with Gasteiger partial charge in [0.05, 0.1) is 33.2 Å². The number of hydrogen-bond acceptors (Lipinski definition) is 6. The predicted octanol–water partition coefficient (Wildman–Crippen LogP) is 3.85. The van der Waals surface area contributed by atoms with Gasteiger partial charge >= 0.3 is 5.97 Å². The molecule has 0 aliphatic heterocycles. The molecule has 0 aliphatic carbocycles. The quantitative estimate of drug-likeness (QED) is 0.332. The standard InChI is InChI=1S/C16H11BrN2O5/c1-2-23-14-7-10(9-18)6-13(17)15(14)24-16(20)11-4-3-5-12(8-11)19(21)22/h3-8H,2H2,1H3. The minimum Gasteiger partial charge on any atom is -0.490 e. The maximum Gasteiger partial charge on any atom is 0.343 e. The Morgan fingerprint density at radius 3 is 2.75 bits per heavy atom. The Hall–Kier alpha value is -2.92. The number of nitrogens with zero attached hydrogens (tertiary/aromatic N) is 2. The summed E-state index contributed by atoms with van der Waals surface area (Å²) >= 11 is 3.23. The lowest BCUT2D eigenvalue weighted by Gasteiger charge is -2.12. The van der Waals surface area contributed by atoms with Crippen molar-refractivity contribution in [3.05, 3.63) is 62.1 Å². The molecule has 2 aromatic rings. The Labute approximate surface area is 145 Å². The number of nitriles is 1. The average molecular weight is 391 g/mol. The second-order valence-corrected chi connectivity index (χ2v) is 5.38. The van der Waals surface area contributed by atoms with Crippen LogP contribution in [0.1, 0.15) is 22.8 Å². The van der Waals surface area contributed by atoms with E-state index in [9.17, 15) is 14.9 Å². The van der Waals surface area contributed by atoms with Crippen molar-refractivity contribution < 1.29 is 19.2 Å². The summed E-state index contributed by atoms with van der Waals surface area (Å²) in [5.41, 5.74) is 0.150. The van der Waals surface area contributed by atoms with Gasteiger partial charge in [0, 0.05) is 18.2 Å². The first-order chi connectivity index (χ1) is 11.5. The summed E-state index contributed by atoms with van der Waals surface area (Å²) in [5.74, 6) is -0.445. The topological polar surface area (TPSA) is 102 Å². The van der Waals surface area contributed by atoms with Crippen LogP contribution in [0.3, 0.4) is 0 Å². The van der Waals surface area contributed by atoms with E-state index in [1.54, 1.807) is 6.92 Å². The monoisotopic (exact) mass is 390 g/mol. The zero-order valence-electron chi connectivity index (χ0n) is 12.5.